The molecule has 0 bridgehead atoms. The van der Waals surface area contributed by atoms with Gasteiger partial charge in [-0.2, -0.15) is 5.26 Å². The van der Waals surface area contributed by atoms with Gasteiger partial charge in [-0.05, 0) is 55.0 Å². The van der Waals surface area contributed by atoms with E-state index in [0.29, 0.717) is 22.7 Å². The Morgan fingerprint density at radius 2 is 1.70 bits per heavy atom. The van der Waals surface area contributed by atoms with Crippen molar-refractivity contribution in [2.75, 3.05) is 17.7 Å². The van der Waals surface area contributed by atoms with Crippen molar-refractivity contribution in [1.29, 1.82) is 5.26 Å². The maximum Gasteiger partial charge on any atom is 0.349 e. The van der Waals surface area contributed by atoms with Crippen LogP contribution in [0.5, 0.6) is 5.75 Å². The Morgan fingerprint density at radius 1 is 1.07 bits per heavy atom. The fourth-order valence-corrected chi connectivity index (χ4v) is 2.40. The zero-order chi connectivity index (χ0) is 22.1. The lowest BCUT2D eigenvalue weighted by Crippen LogP contribution is -2.30. The summed E-state index contributed by atoms with van der Waals surface area (Å²) in [6.07, 6.45) is 0.227. The Morgan fingerprint density at radius 3 is 2.27 bits per heavy atom. The summed E-state index contributed by atoms with van der Waals surface area (Å²) in [7, 11) is 1.51. The molecule has 8 heteroatoms. The van der Waals surface area contributed by atoms with Crippen molar-refractivity contribution >= 4 is 35.2 Å². The van der Waals surface area contributed by atoms with Crippen molar-refractivity contribution in [2.45, 2.75) is 20.0 Å². The smallest absolute Gasteiger partial charge is 0.349 e. The summed E-state index contributed by atoms with van der Waals surface area (Å²) < 4.78 is 10.2. The van der Waals surface area contributed by atoms with E-state index in [4.69, 9.17) is 9.47 Å². The molecule has 2 amide bonds. The van der Waals surface area contributed by atoms with Gasteiger partial charge in [0, 0.05) is 18.3 Å². The van der Waals surface area contributed by atoms with Crippen LogP contribution in [0.3, 0.4) is 0 Å². The fourth-order valence-electron chi connectivity index (χ4n) is 2.40. The van der Waals surface area contributed by atoms with Gasteiger partial charge < -0.3 is 20.1 Å². The number of carbonyl (C=O) groups excluding carboxylic acids is 3. The zero-order valence-electron chi connectivity index (χ0n) is 16.8. The van der Waals surface area contributed by atoms with Crippen molar-refractivity contribution in [3.63, 3.8) is 0 Å². The molecular formula is C22H21N3O5. The first-order valence-electron chi connectivity index (χ1n) is 8.97. The molecule has 1 atom stereocenters. The molecule has 0 aliphatic heterocycles. The van der Waals surface area contributed by atoms with Crippen LogP contribution in [0.2, 0.25) is 0 Å². The van der Waals surface area contributed by atoms with Crippen LogP contribution in [-0.2, 0) is 19.1 Å². The van der Waals surface area contributed by atoms with Crippen molar-refractivity contribution in [2.24, 2.45) is 0 Å². The van der Waals surface area contributed by atoms with Crippen LogP contribution in [0, 0.1) is 11.3 Å². The Hall–Kier alpha value is -4.12. The van der Waals surface area contributed by atoms with Crippen molar-refractivity contribution in [3.05, 3.63) is 59.7 Å². The Balaban J connectivity index is 2.00. The summed E-state index contributed by atoms with van der Waals surface area (Å²) in [5.41, 5.74) is 1.38. The predicted octanol–water partition coefficient (Wildman–Crippen LogP) is 3.13. The van der Waals surface area contributed by atoms with Crippen LogP contribution in [0.4, 0.5) is 11.4 Å². The number of nitrogens with one attached hydrogen (secondary N) is 2. The molecule has 0 aromatic heterocycles. The van der Waals surface area contributed by atoms with Crippen molar-refractivity contribution in [1.82, 2.24) is 0 Å². The second-order valence-electron chi connectivity index (χ2n) is 6.24. The number of nitrogens with zero attached hydrogens (tertiary/aromatic N) is 1. The average molecular weight is 407 g/mol. The monoisotopic (exact) mass is 407 g/mol. The average Bonchev–Trinajstić information content (AvgIpc) is 2.73. The second kappa shape index (κ2) is 10.4. The molecule has 2 aromatic carbocycles. The number of methoxy groups -OCH3 is 1. The van der Waals surface area contributed by atoms with Crippen LogP contribution in [0.25, 0.3) is 6.08 Å². The lowest BCUT2D eigenvalue weighted by Gasteiger charge is -2.13. The van der Waals surface area contributed by atoms with Crippen molar-refractivity contribution < 1.29 is 23.9 Å². The summed E-state index contributed by atoms with van der Waals surface area (Å²) in [5, 5.41) is 14.5. The van der Waals surface area contributed by atoms with Gasteiger partial charge in [0.2, 0.25) is 5.91 Å². The Kier molecular flexibility index (Phi) is 7.71. The molecule has 0 heterocycles. The van der Waals surface area contributed by atoms with Crippen LogP contribution in [0.15, 0.2) is 54.1 Å². The molecule has 2 N–H and O–H groups in total. The minimum Gasteiger partial charge on any atom is -0.497 e. The number of carbonyl (C=O) groups is 3. The van der Waals surface area contributed by atoms with Gasteiger partial charge >= 0.3 is 5.97 Å². The number of nitriles is 1. The molecule has 2 rings (SSSR count). The predicted molar refractivity (Wildman–Crippen MR) is 112 cm³/mol. The number of esters is 1. The van der Waals surface area contributed by atoms with E-state index >= 15 is 0 Å². The molecule has 0 saturated heterocycles. The number of hydrogen-bond donors (Lipinski definition) is 2. The van der Waals surface area contributed by atoms with Crippen LogP contribution >= 0.6 is 0 Å². The maximum absolute atomic E-state index is 12.3. The first-order chi connectivity index (χ1) is 14.3. The third kappa shape index (κ3) is 6.49. The Bertz CT molecular complexity index is 1010. The van der Waals surface area contributed by atoms with E-state index in [-0.39, 0.29) is 11.5 Å². The topological polar surface area (TPSA) is 118 Å². The molecule has 154 valence electrons. The number of hydrogen-bond acceptors (Lipinski definition) is 6. The third-order valence-electron chi connectivity index (χ3n) is 3.87. The van der Waals surface area contributed by atoms with E-state index in [9.17, 15) is 19.6 Å². The highest BCUT2D eigenvalue weighted by molar-refractivity contribution is 6.01. The highest BCUT2D eigenvalue weighted by atomic mass is 16.5. The van der Waals surface area contributed by atoms with E-state index in [1.54, 1.807) is 54.6 Å². The van der Waals surface area contributed by atoms with E-state index in [1.807, 2.05) is 0 Å². The number of ether oxygens (including phenoxy) is 2. The summed E-state index contributed by atoms with van der Waals surface area (Å²) in [4.78, 5) is 35.6. The first-order valence-corrected chi connectivity index (χ1v) is 8.97. The summed E-state index contributed by atoms with van der Waals surface area (Å²) in [5.74, 6) is -1.10. The molecule has 30 heavy (non-hydrogen) atoms. The number of anilines is 2. The second-order valence-corrected chi connectivity index (χ2v) is 6.24. The highest BCUT2D eigenvalue weighted by Gasteiger charge is 2.20. The van der Waals surface area contributed by atoms with Gasteiger partial charge in [-0.1, -0.05) is 12.1 Å². The van der Waals surface area contributed by atoms with Gasteiger partial charge in [-0.15, -0.1) is 0 Å². The SMILES string of the molecule is COc1cccc(/C=C(\C#N)C(=O)O[C@H](C)C(=O)Nc2ccc(NC(C)=O)cc2)c1. The molecule has 0 fully saturated rings. The van der Waals surface area contributed by atoms with E-state index in [1.165, 1.54) is 27.0 Å². The normalized spacial score (nSPS) is 11.6. The summed E-state index contributed by atoms with van der Waals surface area (Å²) >= 11 is 0. The molecular weight excluding hydrogens is 386 g/mol. The van der Waals surface area contributed by atoms with Gasteiger partial charge in [0.25, 0.3) is 5.91 Å². The molecule has 0 spiro atoms. The van der Waals surface area contributed by atoms with Crippen LogP contribution in [-0.4, -0.2) is 31.0 Å². The molecule has 0 saturated carbocycles. The van der Waals surface area contributed by atoms with E-state index in [2.05, 4.69) is 10.6 Å². The number of rotatable bonds is 7. The lowest BCUT2D eigenvalue weighted by molar-refractivity contribution is -0.148. The van der Waals surface area contributed by atoms with Gasteiger partial charge in [0.15, 0.2) is 6.10 Å². The molecule has 2 aromatic rings. The lowest BCUT2D eigenvalue weighted by atomic mass is 10.1. The van der Waals surface area contributed by atoms with Gasteiger partial charge in [0.05, 0.1) is 7.11 Å². The first kappa shape index (κ1) is 22.2. The van der Waals surface area contributed by atoms with E-state index < -0.39 is 18.0 Å². The molecule has 0 aliphatic carbocycles. The van der Waals surface area contributed by atoms with Gasteiger partial charge in [0.1, 0.15) is 17.4 Å². The van der Waals surface area contributed by atoms with Gasteiger partial charge in [-0.25, -0.2) is 4.79 Å². The summed E-state index contributed by atoms with van der Waals surface area (Å²) in [6, 6.07) is 15.0. The maximum atomic E-state index is 12.3. The molecule has 0 unspecified atom stereocenters. The number of amides is 2. The molecule has 8 nitrogen and oxygen atoms in total. The fraction of sp³-hybridized carbons (Fsp3) is 0.182. The largest absolute Gasteiger partial charge is 0.497 e. The van der Waals surface area contributed by atoms with Crippen LogP contribution < -0.4 is 15.4 Å². The van der Waals surface area contributed by atoms with Gasteiger partial charge in [-0.3, -0.25) is 9.59 Å². The Labute approximate surface area is 174 Å². The minimum absolute atomic E-state index is 0.206. The third-order valence-corrected chi connectivity index (χ3v) is 3.87. The standard InChI is InChI=1S/C22H21N3O5/c1-14(21(27)25-19-9-7-18(8-10-19)24-15(2)26)30-22(28)17(13-23)11-16-5-4-6-20(12-16)29-3/h4-12,14H,1-3H3,(H,24,26)(H,25,27)/b17-11+/t14-/m1/s1. The van der Waals surface area contributed by atoms with Crippen molar-refractivity contribution in [3.8, 4) is 11.8 Å². The summed E-state index contributed by atoms with van der Waals surface area (Å²) in [6.45, 7) is 2.80. The van der Waals surface area contributed by atoms with Crippen LogP contribution in [0.1, 0.15) is 19.4 Å². The minimum atomic E-state index is -1.13. The quantitative estimate of drug-likeness (QED) is 0.414. The highest BCUT2D eigenvalue weighted by Crippen LogP contribution is 2.17. The number of benzene rings is 2. The zero-order valence-corrected chi connectivity index (χ0v) is 16.8. The molecule has 0 aliphatic rings. The van der Waals surface area contributed by atoms with E-state index in [0.717, 1.165) is 0 Å². The molecule has 0 radical (unpaired) electrons.